The molecule has 0 radical (unpaired) electrons. The van der Waals surface area contributed by atoms with E-state index in [9.17, 15) is 4.91 Å². The molecule has 1 atom stereocenters. The first-order valence-electron chi connectivity index (χ1n) is 2.00. The summed E-state index contributed by atoms with van der Waals surface area (Å²) >= 11 is 1.67. The lowest BCUT2D eigenvalue weighted by atomic mass is 10.7. The van der Waals surface area contributed by atoms with E-state index in [1.165, 1.54) is 0 Å². The van der Waals surface area contributed by atoms with Crippen molar-refractivity contribution in [2.45, 2.75) is 4.30 Å². The van der Waals surface area contributed by atoms with Crippen LogP contribution < -0.4 is 0 Å². The van der Waals surface area contributed by atoms with E-state index in [2.05, 4.69) is 9.91 Å². The molecule has 4 nitrogen and oxygen atoms in total. The number of hydrogen-bond donors (Lipinski definition) is 1. The molecule has 0 rings (SSSR count). The lowest BCUT2D eigenvalue weighted by Gasteiger charge is -1.99. The first kappa shape index (κ1) is 8.25. The highest BCUT2D eigenvalue weighted by Gasteiger charge is 1.93. The monoisotopic (exact) mass is 231 g/mol. The number of nitrogens with zero attached hydrogens (tertiary/aromatic N) is 1. The molecule has 0 amide bonds. The molecular weight excluding hydrogens is 225 g/mol. The van der Waals surface area contributed by atoms with Crippen LogP contribution in [-0.2, 0) is 4.74 Å². The Morgan fingerprint density at radius 3 is 2.88 bits per heavy atom. The predicted molar refractivity (Wildman–Crippen MR) is 36.6 cm³/mol. The topological polar surface area (TPSA) is 58.9 Å². The third-order valence-electron chi connectivity index (χ3n) is 0.438. The van der Waals surface area contributed by atoms with Gasteiger partial charge in [-0.3, -0.25) is 0 Å². The van der Waals surface area contributed by atoms with Gasteiger partial charge in [0.2, 0.25) is 4.30 Å². The van der Waals surface area contributed by atoms with Gasteiger partial charge in [-0.25, -0.2) is 0 Å². The van der Waals surface area contributed by atoms with Crippen LogP contribution in [0.4, 0.5) is 0 Å². The van der Waals surface area contributed by atoms with Gasteiger partial charge in [-0.05, 0) is 22.6 Å². The van der Waals surface area contributed by atoms with Crippen LogP contribution in [0.25, 0.3) is 0 Å². The van der Waals surface area contributed by atoms with Crippen molar-refractivity contribution in [2.75, 3.05) is 13.2 Å². The van der Waals surface area contributed by atoms with Gasteiger partial charge in [0.05, 0.1) is 6.61 Å². The Morgan fingerprint density at radius 1 is 1.88 bits per heavy atom. The number of aliphatic hydroxyl groups is 1. The van der Waals surface area contributed by atoms with Crippen molar-refractivity contribution < 1.29 is 9.84 Å². The van der Waals surface area contributed by atoms with E-state index < -0.39 is 4.30 Å². The van der Waals surface area contributed by atoms with Gasteiger partial charge in [0.1, 0.15) is 6.54 Å². The minimum absolute atomic E-state index is 0.0973. The molecule has 0 saturated heterocycles. The maximum Gasteiger partial charge on any atom is 0.208 e. The summed E-state index contributed by atoms with van der Waals surface area (Å²) in [6, 6.07) is 0. The van der Waals surface area contributed by atoms with Crippen molar-refractivity contribution in [3.05, 3.63) is 4.91 Å². The molecule has 0 aliphatic carbocycles. The number of hydrogen-bond acceptors (Lipinski definition) is 4. The van der Waals surface area contributed by atoms with Crippen molar-refractivity contribution in [3.8, 4) is 0 Å². The fraction of sp³-hybridized carbons (Fsp3) is 1.00. The first-order chi connectivity index (χ1) is 3.77. The highest BCUT2D eigenvalue weighted by Crippen LogP contribution is 1.95. The fourth-order valence-corrected chi connectivity index (χ4v) is 0.441. The molecule has 0 aliphatic rings. The largest absolute Gasteiger partial charge is 0.360 e. The van der Waals surface area contributed by atoms with Crippen LogP contribution in [0.2, 0.25) is 0 Å². The van der Waals surface area contributed by atoms with E-state index in [0.29, 0.717) is 0 Å². The van der Waals surface area contributed by atoms with Crippen molar-refractivity contribution in [3.63, 3.8) is 0 Å². The van der Waals surface area contributed by atoms with Crippen molar-refractivity contribution in [2.24, 2.45) is 5.18 Å². The maximum atomic E-state index is 9.37. The first-order valence-corrected chi connectivity index (χ1v) is 3.25. The lowest BCUT2D eigenvalue weighted by molar-refractivity contribution is -0.0150. The minimum Gasteiger partial charge on any atom is -0.360 e. The van der Waals surface area contributed by atoms with Gasteiger partial charge >= 0.3 is 0 Å². The Labute approximate surface area is 60.3 Å². The smallest absolute Gasteiger partial charge is 0.208 e. The van der Waals surface area contributed by atoms with Gasteiger partial charge in [0.15, 0.2) is 0 Å². The summed E-state index contributed by atoms with van der Waals surface area (Å²) in [7, 11) is 0. The second-order valence-corrected chi connectivity index (χ2v) is 2.08. The Balaban J connectivity index is 2.81. The van der Waals surface area contributed by atoms with Gasteiger partial charge in [-0.1, -0.05) is 5.18 Å². The summed E-state index contributed by atoms with van der Waals surface area (Å²) in [5.41, 5.74) is 0. The lowest BCUT2D eigenvalue weighted by Crippen LogP contribution is -2.05. The van der Waals surface area contributed by atoms with Crippen LogP contribution in [0.15, 0.2) is 5.18 Å². The van der Waals surface area contributed by atoms with Crippen LogP contribution in [0.1, 0.15) is 0 Å². The predicted octanol–water partition coefficient (Wildman–Crippen LogP) is 0.480. The van der Waals surface area contributed by atoms with Gasteiger partial charge < -0.3 is 9.84 Å². The molecule has 1 N–H and O–H groups in total. The third-order valence-corrected chi connectivity index (χ3v) is 0.798. The molecule has 0 heterocycles. The second kappa shape index (κ2) is 5.39. The molecule has 0 bridgehead atoms. The molecule has 0 spiro atoms. The highest BCUT2D eigenvalue weighted by atomic mass is 127. The summed E-state index contributed by atoms with van der Waals surface area (Å²) in [5, 5.41) is 10.9. The molecule has 0 aliphatic heterocycles. The van der Waals surface area contributed by atoms with E-state index in [1.54, 1.807) is 22.6 Å². The molecule has 0 aromatic heterocycles. The molecule has 48 valence electrons. The average molecular weight is 231 g/mol. The zero-order valence-corrected chi connectivity index (χ0v) is 6.24. The van der Waals surface area contributed by atoms with Crippen molar-refractivity contribution in [1.82, 2.24) is 0 Å². The number of aliphatic hydroxyl groups excluding tert-OH is 1. The summed E-state index contributed by atoms with van der Waals surface area (Å²) < 4.78 is 3.71. The molecule has 1 unspecified atom stereocenters. The normalized spacial score (nSPS) is 13.2. The fourth-order valence-electron chi connectivity index (χ4n) is 0.187. The summed E-state index contributed by atoms with van der Waals surface area (Å²) in [6.07, 6.45) is 0. The molecule has 0 fully saturated rings. The summed E-state index contributed by atoms with van der Waals surface area (Å²) in [6.45, 7) is 0.285. The van der Waals surface area contributed by atoms with Gasteiger partial charge in [-0.15, -0.1) is 0 Å². The molecule has 0 aromatic carbocycles. The van der Waals surface area contributed by atoms with E-state index in [-0.39, 0.29) is 13.2 Å². The van der Waals surface area contributed by atoms with Crippen LogP contribution in [-0.4, -0.2) is 22.6 Å². The number of nitroso groups, excluding NO2 is 1. The Morgan fingerprint density at radius 2 is 2.50 bits per heavy atom. The number of alkyl halides is 1. The minimum atomic E-state index is -0.825. The van der Waals surface area contributed by atoms with E-state index in [0.717, 1.165) is 0 Å². The van der Waals surface area contributed by atoms with Gasteiger partial charge in [-0.2, -0.15) is 4.91 Å². The van der Waals surface area contributed by atoms with Crippen molar-refractivity contribution in [1.29, 1.82) is 0 Å². The van der Waals surface area contributed by atoms with Gasteiger partial charge in [0, 0.05) is 0 Å². The number of ether oxygens (including phenoxy) is 1. The third kappa shape index (κ3) is 6.25. The van der Waals surface area contributed by atoms with Crippen LogP contribution >= 0.6 is 22.6 Å². The van der Waals surface area contributed by atoms with Crippen LogP contribution in [0.3, 0.4) is 0 Å². The van der Waals surface area contributed by atoms with Crippen LogP contribution in [0.5, 0.6) is 0 Å². The number of halogens is 1. The summed E-state index contributed by atoms with van der Waals surface area (Å²) in [5.74, 6) is 0. The molecule has 0 aromatic rings. The molecular formula is C3H6INO3. The molecule has 5 heteroatoms. The van der Waals surface area contributed by atoms with E-state index in [4.69, 9.17) is 5.11 Å². The average Bonchev–Trinajstić information content (AvgIpc) is 1.66. The Hall–Kier alpha value is 0.250. The SMILES string of the molecule is O=NCCOC(O)I. The van der Waals surface area contributed by atoms with Gasteiger partial charge in [0.25, 0.3) is 0 Å². The number of rotatable bonds is 4. The van der Waals surface area contributed by atoms with E-state index in [1.807, 2.05) is 0 Å². The second-order valence-electron chi connectivity index (χ2n) is 1.02. The molecule has 8 heavy (non-hydrogen) atoms. The Bertz CT molecular complexity index is 67.5. The van der Waals surface area contributed by atoms with Crippen molar-refractivity contribution >= 4 is 22.6 Å². The quantitative estimate of drug-likeness (QED) is 0.251. The Kier molecular flexibility index (Phi) is 5.56. The maximum absolute atomic E-state index is 9.37. The zero-order chi connectivity index (χ0) is 6.41. The molecule has 0 saturated carbocycles. The zero-order valence-electron chi connectivity index (χ0n) is 4.08. The highest BCUT2D eigenvalue weighted by molar-refractivity contribution is 14.1. The summed E-state index contributed by atoms with van der Waals surface area (Å²) in [4.78, 5) is 9.37. The van der Waals surface area contributed by atoms with Crippen LogP contribution in [0, 0.1) is 4.91 Å². The standard InChI is InChI=1S/C3H6INO3/c4-3(6)8-2-1-5-7/h3,6H,1-2H2. The van der Waals surface area contributed by atoms with E-state index >= 15 is 0 Å².